The van der Waals surface area contributed by atoms with Gasteiger partial charge in [-0.1, -0.05) is 41.7 Å². The van der Waals surface area contributed by atoms with Crippen LogP contribution in [0.4, 0.5) is 5.69 Å². The number of fused-ring (bicyclic) bond motifs is 3. The number of amides is 2. The summed E-state index contributed by atoms with van der Waals surface area (Å²) in [6.45, 7) is 2.69. The average molecular weight is 494 g/mol. The van der Waals surface area contributed by atoms with Crippen molar-refractivity contribution >= 4 is 45.8 Å². The second-order valence-corrected chi connectivity index (χ2v) is 11.0. The topological polar surface area (TPSA) is 70.1 Å². The Bertz CT molecular complexity index is 1320. The minimum absolute atomic E-state index is 0.131. The number of thiocarbonyl (C=S) groups is 1. The molecule has 174 valence electrons. The van der Waals surface area contributed by atoms with Crippen molar-refractivity contribution in [1.82, 2.24) is 9.80 Å². The van der Waals surface area contributed by atoms with Crippen LogP contribution in [0.25, 0.3) is 0 Å². The second kappa shape index (κ2) is 7.31. The lowest BCUT2D eigenvalue weighted by Gasteiger charge is -2.41. The minimum atomic E-state index is -1.23. The summed E-state index contributed by atoms with van der Waals surface area (Å²) in [6.07, 6.45) is 3.19. The van der Waals surface area contributed by atoms with Crippen LogP contribution in [-0.4, -0.2) is 51.3 Å². The summed E-state index contributed by atoms with van der Waals surface area (Å²) in [4.78, 5) is 34.1. The summed E-state index contributed by atoms with van der Waals surface area (Å²) in [6, 6.07) is 13.3. The molecular formula is C25H23N3O4S2. The predicted octanol–water partition coefficient (Wildman–Crippen LogP) is 3.88. The van der Waals surface area contributed by atoms with Crippen molar-refractivity contribution in [2.45, 2.75) is 29.7 Å². The highest BCUT2D eigenvalue weighted by Crippen LogP contribution is 2.66. The van der Waals surface area contributed by atoms with Crippen LogP contribution in [-0.2, 0) is 21.7 Å². The lowest BCUT2D eigenvalue weighted by atomic mass is 9.73. The van der Waals surface area contributed by atoms with Crippen molar-refractivity contribution in [3.05, 3.63) is 77.6 Å². The molecule has 0 aliphatic carbocycles. The summed E-state index contributed by atoms with van der Waals surface area (Å²) in [5.74, 6) is 0.598. The Labute approximate surface area is 206 Å². The molecule has 7 nitrogen and oxygen atoms in total. The van der Waals surface area contributed by atoms with Crippen LogP contribution in [0, 0.1) is 6.92 Å². The highest BCUT2D eigenvalue weighted by molar-refractivity contribution is 8.25. The van der Waals surface area contributed by atoms with Crippen molar-refractivity contribution in [2.24, 2.45) is 0 Å². The van der Waals surface area contributed by atoms with Crippen LogP contribution in [0.5, 0.6) is 0 Å². The number of thioether (sulfide) groups is 1. The molecule has 3 atom stereocenters. The molecule has 9 heteroatoms. The van der Waals surface area contributed by atoms with E-state index in [-0.39, 0.29) is 24.3 Å². The first-order valence-electron chi connectivity index (χ1n) is 11.0. The normalized spacial score (nSPS) is 28.8. The predicted molar refractivity (Wildman–Crippen MR) is 133 cm³/mol. The van der Waals surface area contributed by atoms with Gasteiger partial charge >= 0.3 is 0 Å². The number of benzene rings is 1. The summed E-state index contributed by atoms with van der Waals surface area (Å²) in [5.41, 5.74) is 1.44. The zero-order valence-electron chi connectivity index (χ0n) is 19.0. The van der Waals surface area contributed by atoms with Crippen molar-refractivity contribution in [3.63, 3.8) is 0 Å². The van der Waals surface area contributed by atoms with E-state index in [4.69, 9.17) is 21.1 Å². The Kier molecular flexibility index (Phi) is 4.65. The number of likely N-dealkylation sites (N-methyl/N-ethyl adjacent to an activating group) is 2. The van der Waals surface area contributed by atoms with E-state index in [9.17, 15) is 9.59 Å². The van der Waals surface area contributed by atoms with Gasteiger partial charge < -0.3 is 13.7 Å². The summed E-state index contributed by atoms with van der Waals surface area (Å²) in [5, 5.41) is 0. The monoisotopic (exact) mass is 493 g/mol. The molecule has 0 unspecified atom stereocenters. The van der Waals surface area contributed by atoms with Crippen molar-refractivity contribution in [1.29, 1.82) is 0 Å². The third kappa shape index (κ3) is 2.49. The van der Waals surface area contributed by atoms with Crippen LogP contribution in [0.3, 0.4) is 0 Å². The molecule has 5 heterocycles. The maximum Gasteiger partial charge on any atom is 0.254 e. The van der Waals surface area contributed by atoms with E-state index in [1.165, 1.54) is 11.8 Å². The van der Waals surface area contributed by atoms with Crippen molar-refractivity contribution in [3.8, 4) is 0 Å². The van der Waals surface area contributed by atoms with E-state index >= 15 is 0 Å². The number of rotatable bonds is 3. The van der Waals surface area contributed by atoms with Gasteiger partial charge in [0.25, 0.3) is 5.91 Å². The molecule has 6 rings (SSSR count). The molecular weight excluding hydrogens is 470 g/mol. The Hall–Kier alpha value is -2.88. The molecule has 3 aliphatic heterocycles. The molecule has 3 aromatic rings. The van der Waals surface area contributed by atoms with Crippen molar-refractivity contribution < 1.29 is 18.4 Å². The number of anilines is 1. The van der Waals surface area contributed by atoms with E-state index in [2.05, 4.69) is 0 Å². The Morgan fingerprint density at radius 2 is 1.85 bits per heavy atom. The smallest absolute Gasteiger partial charge is 0.254 e. The van der Waals surface area contributed by atoms with E-state index in [1.807, 2.05) is 55.3 Å². The number of hydrogen-bond acceptors (Lipinski definition) is 7. The van der Waals surface area contributed by atoms with Gasteiger partial charge in [0.2, 0.25) is 5.91 Å². The maximum atomic E-state index is 14.6. The molecule has 2 amide bonds. The fraction of sp³-hybridized carbons (Fsp3) is 0.320. The fourth-order valence-electron chi connectivity index (χ4n) is 5.95. The van der Waals surface area contributed by atoms with Gasteiger partial charge in [0.1, 0.15) is 20.6 Å². The van der Waals surface area contributed by atoms with Gasteiger partial charge in [-0.15, -0.1) is 0 Å². The minimum Gasteiger partial charge on any atom is -0.469 e. The number of carbonyl (C=O) groups excluding carboxylic acids is 2. The molecule has 0 N–H and O–H groups in total. The number of aryl methyl sites for hydroxylation is 1. The van der Waals surface area contributed by atoms with E-state index < -0.39 is 10.3 Å². The molecule has 1 aromatic carbocycles. The lowest BCUT2D eigenvalue weighted by Crippen LogP contribution is -2.62. The molecule has 3 aliphatic rings. The van der Waals surface area contributed by atoms with Gasteiger partial charge in [0.05, 0.1) is 25.0 Å². The lowest BCUT2D eigenvalue weighted by molar-refractivity contribution is -0.139. The van der Waals surface area contributed by atoms with Crippen LogP contribution in [0.1, 0.15) is 28.6 Å². The quantitative estimate of drug-likeness (QED) is 0.513. The first-order valence-corrected chi connectivity index (χ1v) is 12.3. The number of furan rings is 2. The van der Waals surface area contributed by atoms with Crippen LogP contribution in [0.15, 0.2) is 63.8 Å². The highest BCUT2D eigenvalue weighted by Gasteiger charge is 2.79. The van der Waals surface area contributed by atoms with Crippen LogP contribution >= 0.6 is 24.0 Å². The first kappa shape index (κ1) is 21.6. The second-order valence-electron chi connectivity index (χ2n) is 9.12. The molecule has 2 aromatic heterocycles. The Morgan fingerprint density at radius 1 is 1.09 bits per heavy atom. The van der Waals surface area contributed by atoms with E-state index in [1.54, 1.807) is 35.4 Å². The average Bonchev–Trinajstić information content (AvgIpc) is 3.61. The summed E-state index contributed by atoms with van der Waals surface area (Å²) >= 11 is 7.10. The molecule has 0 radical (unpaired) electrons. The van der Waals surface area contributed by atoms with Gasteiger partial charge in [-0.25, -0.2) is 0 Å². The molecule has 0 bridgehead atoms. The number of hydrogen-bond donors (Lipinski definition) is 0. The Morgan fingerprint density at radius 3 is 2.56 bits per heavy atom. The molecule has 2 fully saturated rings. The third-order valence-electron chi connectivity index (χ3n) is 7.39. The van der Waals surface area contributed by atoms with Crippen molar-refractivity contribution in [2.75, 3.05) is 25.5 Å². The first-order chi connectivity index (χ1) is 16.3. The van der Waals surface area contributed by atoms with Gasteiger partial charge in [0.15, 0.2) is 5.54 Å². The fourth-order valence-corrected chi connectivity index (χ4v) is 8.05. The number of likely N-dealkylation sites (tertiary alicyclic amines) is 1. The summed E-state index contributed by atoms with van der Waals surface area (Å²) in [7, 11) is 3.69. The zero-order valence-corrected chi connectivity index (χ0v) is 20.6. The largest absolute Gasteiger partial charge is 0.469 e. The number of nitrogens with zero attached hydrogens (tertiary/aromatic N) is 3. The molecule has 0 saturated carbocycles. The van der Waals surface area contributed by atoms with Gasteiger partial charge in [-0.05, 0) is 44.3 Å². The van der Waals surface area contributed by atoms with Crippen LogP contribution in [0.2, 0.25) is 0 Å². The highest BCUT2D eigenvalue weighted by atomic mass is 32.2. The molecule has 34 heavy (non-hydrogen) atoms. The van der Waals surface area contributed by atoms with E-state index in [0.29, 0.717) is 22.4 Å². The van der Waals surface area contributed by atoms with Gasteiger partial charge in [-0.2, -0.15) is 0 Å². The maximum absolute atomic E-state index is 14.6. The Balaban J connectivity index is 1.61. The van der Waals surface area contributed by atoms with E-state index in [0.717, 1.165) is 16.8 Å². The molecule has 2 spiro atoms. The molecule has 2 saturated heterocycles. The van der Waals surface area contributed by atoms with Crippen LogP contribution < -0.4 is 4.90 Å². The third-order valence-corrected chi connectivity index (χ3v) is 9.33. The zero-order chi connectivity index (χ0) is 23.8. The van der Waals surface area contributed by atoms with Gasteiger partial charge in [0, 0.05) is 24.8 Å². The number of carbonyl (C=O) groups is 2. The summed E-state index contributed by atoms with van der Waals surface area (Å²) < 4.78 is 10.6. The SMILES string of the molecule is Cc1ccc2c(c1)[C@]1(C(=O)N2C)N(C)C[C@H](c2ccco2)[C@]12SC(=S)N(Cc1ccco1)C2=O. The standard InChI is InChI=1S/C25H23N3O4S2/c1-15-8-9-19-17(12-15)24(21(29)27(19)3)25(18(14-26(24)2)20-7-5-11-32-20)22(30)28(23(33)34-25)13-16-6-4-10-31-16/h4-12,18H,13-14H2,1-3H3/t18-,24-,25-/m1/s1. The van der Waals surface area contributed by atoms with Gasteiger partial charge in [-0.3, -0.25) is 19.4 Å².